The largest absolute Gasteiger partial charge is 0.416 e. The molecule has 0 aliphatic carbocycles. The van der Waals surface area contributed by atoms with Crippen LogP contribution in [-0.4, -0.2) is 14.3 Å². The highest BCUT2D eigenvalue weighted by molar-refractivity contribution is 7.92. The smallest absolute Gasteiger partial charge is 0.322 e. The number of hydrogen-bond donors (Lipinski definition) is 2. The maximum absolute atomic E-state index is 12.8. The van der Waals surface area contributed by atoms with E-state index in [-0.39, 0.29) is 21.2 Å². The van der Waals surface area contributed by atoms with Gasteiger partial charge in [-0.05, 0) is 67.1 Å². The van der Waals surface area contributed by atoms with E-state index in [1.54, 1.807) is 31.2 Å². The van der Waals surface area contributed by atoms with Crippen molar-refractivity contribution in [3.8, 4) is 0 Å². The van der Waals surface area contributed by atoms with Crippen LogP contribution in [0.4, 0.5) is 24.5 Å². The molecule has 0 aliphatic heterocycles. The zero-order chi connectivity index (χ0) is 22.8. The zero-order valence-corrected chi connectivity index (χ0v) is 17.6. The summed E-state index contributed by atoms with van der Waals surface area (Å²) in [6.45, 7) is 1.80. The lowest BCUT2D eigenvalue weighted by Crippen LogP contribution is -2.16. The van der Waals surface area contributed by atoms with Gasteiger partial charge in [-0.2, -0.15) is 13.2 Å². The first kappa shape index (κ1) is 22.6. The fraction of sp³-hybridized carbons (Fsp3) is 0.0952. The molecule has 0 heterocycles. The Kier molecular flexibility index (Phi) is 6.28. The molecule has 0 spiro atoms. The maximum atomic E-state index is 12.8. The van der Waals surface area contributed by atoms with Crippen molar-refractivity contribution in [2.75, 3.05) is 10.0 Å². The average molecular weight is 469 g/mol. The van der Waals surface area contributed by atoms with Crippen LogP contribution in [0.5, 0.6) is 0 Å². The lowest BCUT2D eigenvalue weighted by atomic mass is 10.1. The summed E-state index contributed by atoms with van der Waals surface area (Å²) in [4.78, 5) is 12.2. The lowest BCUT2D eigenvalue weighted by Gasteiger charge is -2.12. The molecule has 5 nitrogen and oxygen atoms in total. The van der Waals surface area contributed by atoms with E-state index in [0.717, 1.165) is 35.9 Å². The molecular formula is C21H16ClF3N2O3S. The van der Waals surface area contributed by atoms with E-state index in [9.17, 15) is 26.4 Å². The van der Waals surface area contributed by atoms with Gasteiger partial charge in [0.2, 0.25) is 0 Å². The predicted molar refractivity (Wildman–Crippen MR) is 113 cm³/mol. The van der Waals surface area contributed by atoms with Gasteiger partial charge >= 0.3 is 6.18 Å². The fourth-order valence-corrected chi connectivity index (χ4v) is 4.29. The van der Waals surface area contributed by atoms with Crippen LogP contribution in [0.25, 0.3) is 0 Å². The molecule has 0 saturated heterocycles. The van der Waals surface area contributed by atoms with Crippen LogP contribution < -0.4 is 10.0 Å². The van der Waals surface area contributed by atoms with Gasteiger partial charge in [-0.25, -0.2) is 8.42 Å². The molecule has 3 aromatic carbocycles. The van der Waals surface area contributed by atoms with E-state index in [1.807, 2.05) is 0 Å². The molecule has 0 radical (unpaired) electrons. The monoisotopic (exact) mass is 468 g/mol. The Bertz CT molecular complexity index is 1230. The van der Waals surface area contributed by atoms with Gasteiger partial charge in [0, 0.05) is 16.9 Å². The number of hydrogen-bond acceptors (Lipinski definition) is 3. The standard InChI is InChI=1S/C21H16ClF3N2O3S/c1-13-3-2-4-17(11-13)27-31(29,30)19-12-14(5-10-18(19)22)20(28)26-16-8-6-15(7-9-16)21(23,24)25/h2-12,27H,1H3,(H,26,28). The first-order valence-corrected chi connectivity index (χ1v) is 10.7. The van der Waals surface area contributed by atoms with E-state index in [2.05, 4.69) is 10.0 Å². The Hall–Kier alpha value is -3.04. The Balaban J connectivity index is 1.83. The van der Waals surface area contributed by atoms with Gasteiger partial charge in [-0.3, -0.25) is 9.52 Å². The minimum absolute atomic E-state index is 0.0334. The molecule has 2 N–H and O–H groups in total. The highest BCUT2D eigenvalue weighted by Gasteiger charge is 2.30. The topological polar surface area (TPSA) is 75.3 Å². The molecule has 31 heavy (non-hydrogen) atoms. The number of carbonyl (C=O) groups is 1. The van der Waals surface area contributed by atoms with Crippen molar-refractivity contribution in [3.63, 3.8) is 0 Å². The third-order valence-corrected chi connectivity index (χ3v) is 6.09. The van der Waals surface area contributed by atoms with Crippen molar-refractivity contribution in [2.45, 2.75) is 18.0 Å². The first-order chi connectivity index (χ1) is 14.5. The van der Waals surface area contributed by atoms with Crippen LogP contribution in [0.15, 0.2) is 71.6 Å². The van der Waals surface area contributed by atoms with Gasteiger partial charge in [0.05, 0.1) is 10.6 Å². The van der Waals surface area contributed by atoms with Crippen molar-refractivity contribution in [2.24, 2.45) is 0 Å². The molecule has 3 rings (SSSR count). The number of benzene rings is 3. The van der Waals surface area contributed by atoms with E-state index >= 15 is 0 Å². The maximum Gasteiger partial charge on any atom is 0.416 e. The van der Waals surface area contributed by atoms with Crippen molar-refractivity contribution in [1.82, 2.24) is 0 Å². The SMILES string of the molecule is Cc1cccc(NS(=O)(=O)c2cc(C(=O)Nc3ccc(C(F)(F)F)cc3)ccc2Cl)c1. The number of carbonyl (C=O) groups excluding carboxylic acids is 1. The number of aryl methyl sites for hydroxylation is 1. The number of amides is 1. The number of nitrogens with one attached hydrogen (secondary N) is 2. The van der Waals surface area contributed by atoms with Crippen LogP contribution in [-0.2, 0) is 16.2 Å². The lowest BCUT2D eigenvalue weighted by molar-refractivity contribution is -0.137. The second-order valence-electron chi connectivity index (χ2n) is 6.65. The summed E-state index contributed by atoms with van der Waals surface area (Å²) in [7, 11) is -4.10. The Morgan fingerprint density at radius 2 is 1.61 bits per heavy atom. The summed E-state index contributed by atoms with van der Waals surface area (Å²) in [5, 5.41) is 2.34. The molecule has 1 amide bonds. The van der Waals surface area contributed by atoms with Gasteiger partial charge < -0.3 is 5.32 Å². The number of sulfonamides is 1. The van der Waals surface area contributed by atoms with Crippen LogP contribution in [0.1, 0.15) is 21.5 Å². The molecule has 3 aromatic rings. The van der Waals surface area contributed by atoms with Crippen LogP contribution >= 0.6 is 11.6 Å². The molecule has 10 heteroatoms. The van der Waals surface area contributed by atoms with Gasteiger partial charge in [0.15, 0.2) is 0 Å². The summed E-state index contributed by atoms with van der Waals surface area (Å²) < 4.78 is 65.9. The van der Waals surface area contributed by atoms with Crippen LogP contribution in [0.2, 0.25) is 5.02 Å². The van der Waals surface area contributed by atoms with E-state index in [0.29, 0.717) is 5.69 Å². The van der Waals surface area contributed by atoms with E-state index in [1.165, 1.54) is 12.1 Å². The van der Waals surface area contributed by atoms with Crippen molar-refractivity contribution in [3.05, 3.63) is 88.4 Å². The third kappa shape index (κ3) is 5.56. The molecule has 162 valence electrons. The molecule has 0 unspecified atom stereocenters. The minimum Gasteiger partial charge on any atom is -0.322 e. The zero-order valence-electron chi connectivity index (χ0n) is 16.0. The normalized spacial score (nSPS) is 11.8. The fourth-order valence-electron chi connectivity index (χ4n) is 2.72. The van der Waals surface area contributed by atoms with Gasteiger partial charge in [-0.1, -0.05) is 23.7 Å². The van der Waals surface area contributed by atoms with Crippen LogP contribution in [0.3, 0.4) is 0 Å². The van der Waals surface area contributed by atoms with Gasteiger partial charge in [0.1, 0.15) is 4.90 Å². The molecule has 0 saturated carbocycles. The number of anilines is 2. The highest BCUT2D eigenvalue weighted by Crippen LogP contribution is 2.30. The van der Waals surface area contributed by atoms with Gasteiger partial charge in [-0.15, -0.1) is 0 Å². The molecular weight excluding hydrogens is 453 g/mol. The molecule has 0 fully saturated rings. The summed E-state index contributed by atoms with van der Waals surface area (Å²) in [6.07, 6.45) is -4.49. The number of halogens is 4. The molecule has 0 aromatic heterocycles. The average Bonchev–Trinajstić information content (AvgIpc) is 2.67. The predicted octanol–water partition coefficient (Wildman–Crippen LogP) is 5.72. The summed E-state index contributed by atoms with van der Waals surface area (Å²) in [5.41, 5.74) is 0.406. The Morgan fingerprint density at radius 1 is 0.935 bits per heavy atom. The highest BCUT2D eigenvalue weighted by atomic mass is 35.5. The minimum atomic E-state index is -4.49. The molecule has 0 bridgehead atoms. The summed E-state index contributed by atoms with van der Waals surface area (Å²) in [6, 6.07) is 14.2. The second kappa shape index (κ2) is 8.60. The number of alkyl halides is 3. The van der Waals surface area contributed by atoms with E-state index < -0.39 is 27.7 Å². The van der Waals surface area contributed by atoms with Crippen molar-refractivity contribution >= 4 is 38.9 Å². The summed E-state index contributed by atoms with van der Waals surface area (Å²) in [5.74, 6) is -0.705. The molecule has 0 atom stereocenters. The number of rotatable bonds is 5. The van der Waals surface area contributed by atoms with Crippen LogP contribution in [0, 0.1) is 6.92 Å². The Labute approximate surface area is 181 Å². The summed E-state index contributed by atoms with van der Waals surface area (Å²) >= 11 is 6.05. The van der Waals surface area contributed by atoms with Crippen molar-refractivity contribution in [1.29, 1.82) is 0 Å². The third-order valence-electron chi connectivity index (χ3n) is 4.22. The van der Waals surface area contributed by atoms with Crippen molar-refractivity contribution < 1.29 is 26.4 Å². The Morgan fingerprint density at radius 3 is 2.23 bits per heavy atom. The van der Waals surface area contributed by atoms with Gasteiger partial charge in [0.25, 0.3) is 15.9 Å². The quantitative estimate of drug-likeness (QED) is 0.503. The molecule has 0 aliphatic rings. The second-order valence-corrected chi connectivity index (χ2v) is 8.71. The first-order valence-electron chi connectivity index (χ1n) is 8.83. The van der Waals surface area contributed by atoms with E-state index in [4.69, 9.17) is 11.6 Å².